The molecule has 0 fully saturated rings. The van der Waals surface area contributed by atoms with E-state index in [1.54, 1.807) is 10.9 Å². The van der Waals surface area contributed by atoms with Crippen LogP contribution in [0.4, 0.5) is 0 Å². The molecule has 0 amide bonds. The van der Waals surface area contributed by atoms with Gasteiger partial charge < -0.3 is 0 Å². The lowest BCUT2D eigenvalue weighted by molar-refractivity contribution is 0.103. The Bertz CT molecular complexity index is 530. The minimum Gasteiger partial charge on any atom is -0.286 e. The zero-order valence-electron chi connectivity index (χ0n) is 9.03. The molecule has 0 radical (unpaired) electrons. The molecule has 5 heteroatoms. The number of ketones is 1. The van der Waals surface area contributed by atoms with E-state index >= 15 is 0 Å². The van der Waals surface area contributed by atoms with Gasteiger partial charge in [0.25, 0.3) is 0 Å². The van der Waals surface area contributed by atoms with Crippen molar-refractivity contribution in [3.63, 3.8) is 0 Å². The molecule has 0 aliphatic heterocycles. The van der Waals surface area contributed by atoms with Crippen LogP contribution in [0.3, 0.4) is 0 Å². The second kappa shape index (κ2) is 4.51. The fraction of sp³-hybridized carbons (Fsp3) is 0.273. The van der Waals surface area contributed by atoms with E-state index in [0.717, 1.165) is 14.2 Å². The molecule has 2 aromatic heterocycles. The van der Waals surface area contributed by atoms with E-state index in [1.165, 1.54) is 11.3 Å². The highest BCUT2D eigenvalue weighted by molar-refractivity contribution is 9.10. The maximum absolute atomic E-state index is 12.2. The van der Waals surface area contributed by atoms with E-state index in [1.807, 2.05) is 26.0 Å². The van der Waals surface area contributed by atoms with Gasteiger partial charge in [-0.25, -0.2) is 0 Å². The van der Waals surface area contributed by atoms with Crippen LogP contribution in [0.2, 0.25) is 0 Å². The molecule has 84 valence electrons. The fourth-order valence-electron chi connectivity index (χ4n) is 1.50. The van der Waals surface area contributed by atoms with Gasteiger partial charge in [0.2, 0.25) is 5.78 Å². The maximum Gasteiger partial charge on any atom is 0.222 e. The SMILES string of the molecule is CCn1ncc(Br)c1C(=O)c1ccc(C)s1. The number of hydrogen-bond donors (Lipinski definition) is 0. The van der Waals surface area contributed by atoms with Crippen LogP contribution in [0.1, 0.15) is 27.2 Å². The highest BCUT2D eigenvalue weighted by atomic mass is 79.9. The van der Waals surface area contributed by atoms with Crippen molar-refractivity contribution in [2.24, 2.45) is 0 Å². The molecule has 0 atom stereocenters. The third kappa shape index (κ3) is 1.97. The first-order valence-electron chi connectivity index (χ1n) is 4.96. The predicted octanol–water partition coefficient (Wildman–Crippen LogP) is 3.27. The molecule has 2 heterocycles. The lowest BCUT2D eigenvalue weighted by atomic mass is 10.2. The molecule has 0 saturated heterocycles. The minimum absolute atomic E-state index is 0.0318. The second-order valence-electron chi connectivity index (χ2n) is 3.40. The Balaban J connectivity index is 2.44. The van der Waals surface area contributed by atoms with E-state index in [-0.39, 0.29) is 5.78 Å². The van der Waals surface area contributed by atoms with E-state index in [4.69, 9.17) is 0 Å². The van der Waals surface area contributed by atoms with Crippen LogP contribution < -0.4 is 0 Å². The third-order valence-corrected chi connectivity index (χ3v) is 3.85. The average Bonchev–Trinajstić information content (AvgIpc) is 2.83. The van der Waals surface area contributed by atoms with Gasteiger partial charge in [0.1, 0.15) is 5.69 Å². The van der Waals surface area contributed by atoms with Crippen LogP contribution in [0.5, 0.6) is 0 Å². The fourth-order valence-corrected chi connectivity index (χ4v) is 2.79. The molecule has 0 aliphatic rings. The van der Waals surface area contributed by atoms with Crippen LogP contribution in [0.15, 0.2) is 22.8 Å². The Kier molecular flexibility index (Phi) is 3.25. The maximum atomic E-state index is 12.2. The molecule has 0 aromatic carbocycles. The highest BCUT2D eigenvalue weighted by Gasteiger charge is 2.19. The quantitative estimate of drug-likeness (QED) is 0.815. The monoisotopic (exact) mass is 298 g/mol. The van der Waals surface area contributed by atoms with Gasteiger partial charge >= 0.3 is 0 Å². The number of aromatic nitrogens is 2. The first-order valence-corrected chi connectivity index (χ1v) is 6.57. The number of halogens is 1. The summed E-state index contributed by atoms with van der Waals surface area (Å²) in [6.45, 7) is 4.65. The highest BCUT2D eigenvalue weighted by Crippen LogP contribution is 2.23. The molecule has 0 saturated carbocycles. The van der Waals surface area contributed by atoms with Crippen molar-refractivity contribution in [3.8, 4) is 0 Å². The molecule has 0 unspecified atom stereocenters. The Morgan fingerprint density at radius 3 is 2.88 bits per heavy atom. The molecule has 2 aromatic rings. The normalized spacial score (nSPS) is 10.7. The summed E-state index contributed by atoms with van der Waals surface area (Å²) in [5, 5.41) is 4.14. The molecule has 0 aliphatic carbocycles. The summed E-state index contributed by atoms with van der Waals surface area (Å²) in [5.74, 6) is 0.0318. The van der Waals surface area contributed by atoms with Crippen LogP contribution in [0, 0.1) is 6.92 Å². The summed E-state index contributed by atoms with van der Waals surface area (Å²) in [5.41, 5.74) is 0.629. The van der Waals surface area contributed by atoms with Crippen molar-refractivity contribution >= 4 is 33.0 Å². The van der Waals surface area contributed by atoms with E-state index in [0.29, 0.717) is 12.2 Å². The third-order valence-electron chi connectivity index (χ3n) is 2.27. The summed E-state index contributed by atoms with van der Waals surface area (Å²) < 4.78 is 2.46. The van der Waals surface area contributed by atoms with Gasteiger partial charge in [-0.1, -0.05) is 0 Å². The van der Waals surface area contributed by atoms with Crippen molar-refractivity contribution < 1.29 is 4.79 Å². The molecular formula is C11H11BrN2OS. The van der Waals surface area contributed by atoms with Gasteiger partial charge in [-0.15, -0.1) is 11.3 Å². The first-order chi connectivity index (χ1) is 7.63. The standard InChI is InChI=1S/C11H11BrN2OS/c1-3-14-10(8(12)6-13-14)11(15)9-5-4-7(2)16-9/h4-6H,3H2,1-2H3. The number of hydrogen-bond acceptors (Lipinski definition) is 3. The molecule has 2 rings (SSSR count). The second-order valence-corrected chi connectivity index (χ2v) is 5.54. The molecule has 3 nitrogen and oxygen atoms in total. The van der Waals surface area contributed by atoms with Crippen molar-refractivity contribution in [2.75, 3.05) is 0 Å². The molecular weight excluding hydrogens is 288 g/mol. The average molecular weight is 299 g/mol. The Morgan fingerprint density at radius 1 is 1.56 bits per heavy atom. The molecule has 16 heavy (non-hydrogen) atoms. The van der Waals surface area contributed by atoms with Gasteiger partial charge in [-0.3, -0.25) is 9.48 Å². The number of nitrogens with zero attached hydrogens (tertiary/aromatic N) is 2. The molecule has 0 bridgehead atoms. The number of rotatable bonds is 3. The van der Waals surface area contributed by atoms with Gasteiger partial charge in [-0.05, 0) is 41.9 Å². The van der Waals surface area contributed by atoms with Crippen molar-refractivity contribution in [1.82, 2.24) is 9.78 Å². The van der Waals surface area contributed by atoms with E-state index in [2.05, 4.69) is 21.0 Å². The van der Waals surface area contributed by atoms with Crippen LogP contribution in [-0.2, 0) is 6.54 Å². The van der Waals surface area contributed by atoms with Crippen LogP contribution in [-0.4, -0.2) is 15.6 Å². The van der Waals surface area contributed by atoms with Crippen molar-refractivity contribution in [3.05, 3.63) is 38.3 Å². The van der Waals surface area contributed by atoms with Gasteiger partial charge in [0.15, 0.2) is 0 Å². The van der Waals surface area contributed by atoms with Gasteiger partial charge in [0, 0.05) is 11.4 Å². The van der Waals surface area contributed by atoms with E-state index in [9.17, 15) is 4.79 Å². The number of thiophene rings is 1. The number of carbonyl (C=O) groups excluding carboxylic acids is 1. The summed E-state index contributed by atoms with van der Waals surface area (Å²) in [6.07, 6.45) is 1.66. The number of carbonyl (C=O) groups is 1. The Morgan fingerprint density at radius 2 is 2.31 bits per heavy atom. The van der Waals surface area contributed by atoms with Crippen LogP contribution >= 0.6 is 27.3 Å². The lowest BCUT2D eigenvalue weighted by Gasteiger charge is -2.02. The summed E-state index contributed by atoms with van der Waals surface area (Å²) in [7, 11) is 0. The summed E-state index contributed by atoms with van der Waals surface area (Å²) in [6, 6.07) is 3.82. The first kappa shape index (κ1) is 11.5. The van der Waals surface area contributed by atoms with Gasteiger partial charge in [0.05, 0.1) is 15.5 Å². The summed E-state index contributed by atoms with van der Waals surface area (Å²) in [4.78, 5) is 14.1. The smallest absolute Gasteiger partial charge is 0.222 e. The minimum atomic E-state index is 0.0318. The zero-order chi connectivity index (χ0) is 11.7. The zero-order valence-corrected chi connectivity index (χ0v) is 11.4. The molecule has 0 spiro atoms. The van der Waals surface area contributed by atoms with Crippen molar-refractivity contribution in [1.29, 1.82) is 0 Å². The van der Waals surface area contributed by atoms with Gasteiger partial charge in [-0.2, -0.15) is 5.10 Å². The van der Waals surface area contributed by atoms with E-state index < -0.39 is 0 Å². The topological polar surface area (TPSA) is 34.9 Å². The van der Waals surface area contributed by atoms with Crippen LogP contribution in [0.25, 0.3) is 0 Å². The Hall–Kier alpha value is -0.940. The number of aryl methyl sites for hydroxylation is 2. The van der Waals surface area contributed by atoms with Crippen molar-refractivity contribution in [2.45, 2.75) is 20.4 Å². The largest absolute Gasteiger partial charge is 0.286 e. The Labute approximate surface area is 106 Å². The lowest BCUT2D eigenvalue weighted by Crippen LogP contribution is -2.09. The molecule has 0 N–H and O–H groups in total. The predicted molar refractivity (Wildman–Crippen MR) is 68.1 cm³/mol. The summed E-state index contributed by atoms with van der Waals surface area (Å²) >= 11 is 4.87.